The standard InChI is InChI=1S/C18H36N4O6/c1-16(2)11-19-3-5-20(12-17(24)25)7-9-22(14-28-15-23)10-8-21(6-4-19)13-18(26)27/h16,23H,3-15H2,1-2H3,(H,24,25)(H,26,27). The molecule has 1 saturated heterocycles. The van der Waals surface area contributed by atoms with Gasteiger partial charge in [0.25, 0.3) is 0 Å². The van der Waals surface area contributed by atoms with E-state index in [0.29, 0.717) is 45.2 Å². The minimum Gasteiger partial charge on any atom is -0.480 e. The van der Waals surface area contributed by atoms with Crippen molar-refractivity contribution in [3.8, 4) is 0 Å². The first-order valence-corrected chi connectivity index (χ1v) is 9.81. The molecule has 0 aromatic rings. The number of aliphatic carboxylic acids is 2. The second-order valence-electron chi connectivity index (χ2n) is 7.61. The van der Waals surface area contributed by atoms with E-state index in [1.165, 1.54) is 0 Å². The lowest BCUT2D eigenvalue weighted by Crippen LogP contribution is -2.48. The van der Waals surface area contributed by atoms with Crippen LogP contribution in [0.5, 0.6) is 0 Å². The van der Waals surface area contributed by atoms with E-state index in [1.807, 2.05) is 14.7 Å². The molecule has 0 amide bonds. The van der Waals surface area contributed by atoms with Crippen LogP contribution in [0.4, 0.5) is 0 Å². The summed E-state index contributed by atoms with van der Waals surface area (Å²) >= 11 is 0. The number of ether oxygens (including phenoxy) is 1. The van der Waals surface area contributed by atoms with Gasteiger partial charge in [0, 0.05) is 58.9 Å². The van der Waals surface area contributed by atoms with Gasteiger partial charge in [0.05, 0.1) is 13.1 Å². The summed E-state index contributed by atoms with van der Waals surface area (Å²) in [4.78, 5) is 30.5. The fraction of sp³-hybridized carbons (Fsp3) is 0.889. The van der Waals surface area contributed by atoms with Crippen molar-refractivity contribution in [2.75, 3.05) is 85.5 Å². The monoisotopic (exact) mass is 404 g/mol. The summed E-state index contributed by atoms with van der Waals surface area (Å²) in [5.41, 5.74) is 0. The molecule has 0 atom stereocenters. The van der Waals surface area contributed by atoms with Crippen LogP contribution in [-0.4, -0.2) is 132 Å². The zero-order chi connectivity index (χ0) is 20.9. The van der Waals surface area contributed by atoms with Crippen LogP contribution in [0, 0.1) is 5.92 Å². The molecule has 10 nitrogen and oxygen atoms in total. The van der Waals surface area contributed by atoms with Crippen LogP contribution in [-0.2, 0) is 14.3 Å². The third-order valence-electron chi connectivity index (χ3n) is 4.64. The third kappa shape index (κ3) is 11.5. The molecule has 1 aliphatic rings. The predicted octanol–water partition coefficient (Wildman–Crippen LogP) is -1.04. The zero-order valence-electron chi connectivity index (χ0n) is 17.1. The molecule has 0 unspecified atom stereocenters. The lowest BCUT2D eigenvalue weighted by molar-refractivity contribution is -0.139. The van der Waals surface area contributed by atoms with Crippen LogP contribution in [0.2, 0.25) is 0 Å². The molecule has 1 rings (SSSR count). The number of carbonyl (C=O) groups is 2. The number of carboxylic acid groups (broad SMARTS) is 2. The van der Waals surface area contributed by atoms with Crippen molar-refractivity contribution in [2.24, 2.45) is 5.92 Å². The normalized spacial score (nSPS) is 20.0. The van der Waals surface area contributed by atoms with Gasteiger partial charge in [-0.3, -0.25) is 24.3 Å². The average molecular weight is 405 g/mol. The first kappa shape index (κ1) is 24.7. The van der Waals surface area contributed by atoms with Crippen LogP contribution < -0.4 is 0 Å². The predicted molar refractivity (Wildman–Crippen MR) is 104 cm³/mol. The van der Waals surface area contributed by atoms with E-state index in [0.717, 1.165) is 19.6 Å². The maximum absolute atomic E-state index is 11.2. The highest BCUT2D eigenvalue weighted by Crippen LogP contribution is 2.04. The molecule has 1 aliphatic heterocycles. The lowest BCUT2D eigenvalue weighted by atomic mass is 10.2. The van der Waals surface area contributed by atoms with Crippen molar-refractivity contribution in [1.29, 1.82) is 0 Å². The Balaban J connectivity index is 2.84. The highest BCUT2D eigenvalue weighted by molar-refractivity contribution is 5.69. The largest absolute Gasteiger partial charge is 0.480 e. The molecule has 0 spiro atoms. The van der Waals surface area contributed by atoms with Gasteiger partial charge in [0.2, 0.25) is 0 Å². The second kappa shape index (κ2) is 13.8. The Hall–Kier alpha value is -1.30. The second-order valence-corrected chi connectivity index (χ2v) is 7.61. The summed E-state index contributed by atoms with van der Waals surface area (Å²) in [6.07, 6.45) is 0. The molecular weight excluding hydrogens is 368 g/mol. The van der Waals surface area contributed by atoms with Gasteiger partial charge in [0.1, 0.15) is 13.5 Å². The number of aliphatic hydroxyl groups is 1. The Kier molecular flexibility index (Phi) is 12.2. The van der Waals surface area contributed by atoms with E-state index in [4.69, 9.17) is 9.84 Å². The quantitative estimate of drug-likeness (QED) is 0.411. The number of carboxylic acids is 2. The van der Waals surface area contributed by atoms with Crippen molar-refractivity contribution in [1.82, 2.24) is 19.6 Å². The Morgan fingerprint density at radius 3 is 1.54 bits per heavy atom. The number of nitrogens with zero attached hydrogens (tertiary/aromatic N) is 4. The fourth-order valence-electron chi connectivity index (χ4n) is 3.28. The van der Waals surface area contributed by atoms with E-state index in [2.05, 4.69) is 18.7 Å². The maximum Gasteiger partial charge on any atom is 0.317 e. The smallest absolute Gasteiger partial charge is 0.317 e. The molecule has 10 heteroatoms. The van der Waals surface area contributed by atoms with Crippen LogP contribution >= 0.6 is 0 Å². The summed E-state index contributed by atoms with van der Waals surface area (Å²) in [6.45, 7) is 9.98. The van der Waals surface area contributed by atoms with Gasteiger partial charge in [-0.15, -0.1) is 0 Å². The van der Waals surface area contributed by atoms with Gasteiger partial charge < -0.3 is 25.0 Å². The molecule has 164 valence electrons. The van der Waals surface area contributed by atoms with Gasteiger partial charge in [-0.2, -0.15) is 0 Å². The molecule has 1 heterocycles. The van der Waals surface area contributed by atoms with E-state index in [-0.39, 0.29) is 19.8 Å². The van der Waals surface area contributed by atoms with E-state index in [9.17, 15) is 19.8 Å². The van der Waals surface area contributed by atoms with Gasteiger partial charge in [-0.25, -0.2) is 0 Å². The summed E-state index contributed by atoms with van der Waals surface area (Å²) in [5, 5.41) is 27.3. The molecular formula is C18H36N4O6. The first-order chi connectivity index (χ1) is 13.3. The SMILES string of the molecule is CC(C)CN1CCN(CC(=O)O)CCN(COCO)CCN(CC(=O)O)CC1. The highest BCUT2D eigenvalue weighted by atomic mass is 16.6. The van der Waals surface area contributed by atoms with Crippen LogP contribution in [0.3, 0.4) is 0 Å². The summed E-state index contributed by atoms with van der Waals surface area (Å²) in [7, 11) is 0. The van der Waals surface area contributed by atoms with E-state index < -0.39 is 18.7 Å². The zero-order valence-corrected chi connectivity index (χ0v) is 17.1. The number of hydrogen-bond donors (Lipinski definition) is 3. The molecule has 3 N–H and O–H groups in total. The molecule has 28 heavy (non-hydrogen) atoms. The summed E-state index contributed by atoms with van der Waals surface area (Å²) in [6, 6.07) is 0. The summed E-state index contributed by atoms with van der Waals surface area (Å²) < 4.78 is 5.09. The molecule has 0 saturated carbocycles. The van der Waals surface area contributed by atoms with Gasteiger partial charge >= 0.3 is 11.9 Å². The molecule has 1 fully saturated rings. The minimum atomic E-state index is -0.853. The molecule has 0 aromatic carbocycles. The topological polar surface area (TPSA) is 117 Å². The van der Waals surface area contributed by atoms with Crippen molar-refractivity contribution in [3.05, 3.63) is 0 Å². The lowest BCUT2D eigenvalue weighted by Gasteiger charge is -2.33. The van der Waals surface area contributed by atoms with Crippen molar-refractivity contribution < 1.29 is 29.6 Å². The number of hydrogen-bond acceptors (Lipinski definition) is 8. The molecule has 0 aromatic heterocycles. The fourth-order valence-corrected chi connectivity index (χ4v) is 3.28. The summed E-state index contributed by atoms with van der Waals surface area (Å²) in [5.74, 6) is -1.23. The van der Waals surface area contributed by atoms with Crippen LogP contribution in [0.1, 0.15) is 13.8 Å². The Bertz CT molecular complexity index is 433. The highest BCUT2D eigenvalue weighted by Gasteiger charge is 2.19. The molecule has 0 aliphatic carbocycles. The van der Waals surface area contributed by atoms with Crippen molar-refractivity contribution >= 4 is 11.9 Å². The Morgan fingerprint density at radius 1 is 0.786 bits per heavy atom. The van der Waals surface area contributed by atoms with Crippen molar-refractivity contribution in [2.45, 2.75) is 13.8 Å². The average Bonchev–Trinajstić information content (AvgIpc) is 2.59. The molecule has 0 bridgehead atoms. The van der Waals surface area contributed by atoms with Crippen LogP contribution in [0.25, 0.3) is 0 Å². The Labute approximate surface area is 167 Å². The van der Waals surface area contributed by atoms with E-state index >= 15 is 0 Å². The molecule has 0 radical (unpaired) electrons. The van der Waals surface area contributed by atoms with Crippen molar-refractivity contribution in [3.63, 3.8) is 0 Å². The number of rotatable bonds is 9. The van der Waals surface area contributed by atoms with Gasteiger partial charge in [-0.1, -0.05) is 13.8 Å². The van der Waals surface area contributed by atoms with Gasteiger partial charge in [0.15, 0.2) is 0 Å². The maximum atomic E-state index is 11.2. The van der Waals surface area contributed by atoms with Gasteiger partial charge in [-0.05, 0) is 5.92 Å². The Morgan fingerprint density at radius 2 is 1.18 bits per heavy atom. The van der Waals surface area contributed by atoms with E-state index in [1.54, 1.807) is 0 Å². The first-order valence-electron chi connectivity index (χ1n) is 9.81. The number of aliphatic hydroxyl groups excluding tert-OH is 1. The minimum absolute atomic E-state index is 0.0185. The third-order valence-corrected chi connectivity index (χ3v) is 4.64. The van der Waals surface area contributed by atoms with Crippen LogP contribution in [0.15, 0.2) is 0 Å².